The van der Waals surface area contributed by atoms with Crippen molar-refractivity contribution >= 4 is 29.1 Å². The Morgan fingerprint density at radius 2 is 1.77 bits per heavy atom. The van der Waals surface area contributed by atoms with Gasteiger partial charge in [0.25, 0.3) is 11.6 Å². The number of hydrogen-bond donors (Lipinski definition) is 0. The van der Waals surface area contributed by atoms with Crippen molar-refractivity contribution in [1.29, 1.82) is 0 Å². The molecular formula is C17H20ClN3O5. The highest BCUT2D eigenvalue weighted by Crippen LogP contribution is 2.26. The summed E-state index contributed by atoms with van der Waals surface area (Å²) in [6.45, 7) is 3.32. The SMILES string of the molecule is O=C(c1ccc([N+](=O)[O-])cc1Cl)N1CCC(C(=O)N2CCOCC2)CC1. The first-order valence-electron chi connectivity index (χ1n) is 8.57. The molecule has 0 atom stereocenters. The van der Waals surface area contributed by atoms with E-state index in [1.165, 1.54) is 18.2 Å². The molecule has 0 radical (unpaired) electrons. The summed E-state index contributed by atoms with van der Waals surface area (Å²) >= 11 is 6.04. The normalized spacial score (nSPS) is 18.7. The zero-order chi connectivity index (χ0) is 18.7. The molecule has 3 rings (SSSR count). The van der Waals surface area contributed by atoms with Crippen LogP contribution in [-0.4, -0.2) is 65.9 Å². The molecule has 0 spiro atoms. The highest BCUT2D eigenvalue weighted by atomic mass is 35.5. The average Bonchev–Trinajstić information content (AvgIpc) is 2.67. The van der Waals surface area contributed by atoms with Crippen LogP contribution in [0.5, 0.6) is 0 Å². The maximum Gasteiger partial charge on any atom is 0.270 e. The van der Waals surface area contributed by atoms with Gasteiger partial charge in [-0.05, 0) is 18.9 Å². The van der Waals surface area contributed by atoms with Crippen LogP contribution in [0.1, 0.15) is 23.2 Å². The van der Waals surface area contributed by atoms with Gasteiger partial charge >= 0.3 is 0 Å². The lowest BCUT2D eigenvalue weighted by Gasteiger charge is -2.35. The van der Waals surface area contributed by atoms with Crippen LogP contribution >= 0.6 is 11.6 Å². The van der Waals surface area contributed by atoms with Crippen molar-refractivity contribution in [3.05, 3.63) is 38.9 Å². The van der Waals surface area contributed by atoms with E-state index in [4.69, 9.17) is 16.3 Å². The number of nitro benzene ring substituents is 1. The quantitative estimate of drug-likeness (QED) is 0.589. The molecule has 9 heteroatoms. The molecular weight excluding hydrogens is 362 g/mol. The van der Waals surface area contributed by atoms with Gasteiger partial charge < -0.3 is 14.5 Å². The largest absolute Gasteiger partial charge is 0.378 e. The molecule has 2 heterocycles. The monoisotopic (exact) mass is 381 g/mol. The second-order valence-electron chi connectivity index (χ2n) is 6.43. The molecule has 0 aromatic heterocycles. The number of amides is 2. The maximum atomic E-state index is 12.6. The third kappa shape index (κ3) is 3.96. The van der Waals surface area contributed by atoms with Gasteiger partial charge in [-0.15, -0.1) is 0 Å². The van der Waals surface area contributed by atoms with Crippen LogP contribution in [0.3, 0.4) is 0 Å². The van der Waals surface area contributed by atoms with Gasteiger partial charge in [0.15, 0.2) is 0 Å². The van der Waals surface area contributed by atoms with E-state index < -0.39 is 4.92 Å². The number of ether oxygens (including phenoxy) is 1. The number of piperidine rings is 1. The van der Waals surface area contributed by atoms with Crippen molar-refractivity contribution in [2.75, 3.05) is 39.4 Å². The fraction of sp³-hybridized carbons (Fsp3) is 0.529. The molecule has 2 amide bonds. The number of rotatable bonds is 3. The van der Waals surface area contributed by atoms with Crippen LogP contribution < -0.4 is 0 Å². The Hall–Kier alpha value is -2.19. The van der Waals surface area contributed by atoms with Crippen LogP contribution in [0.2, 0.25) is 5.02 Å². The van der Waals surface area contributed by atoms with Crippen molar-refractivity contribution in [1.82, 2.24) is 9.80 Å². The van der Waals surface area contributed by atoms with Gasteiger partial charge in [-0.2, -0.15) is 0 Å². The molecule has 0 saturated carbocycles. The average molecular weight is 382 g/mol. The summed E-state index contributed by atoms with van der Waals surface area (Å²) < 4.78 is 5.27. The third-order valence-corrected chi connectivity index (χ3v) is 5.16. The summed E-state index contributed by atoms with van der Waals surface area (Å²) in [4.78, 5) is 38.9. The number of likely N-dealkylation sites (tertiary alicyclic amines) is 1. The molecule has 140 valence electrons. The Balaban J connectivity index is 1.60. The predicted octanol–water partition coefficient (Wildman–Crippen LogP) is 1.96. The highest BCUT2D eigenvalue weighted by molar-refractivity contribution is 6.34. The minimum atomic E-state index is -0.553. The lowest BCUT2D eigenvalue weighted by Crippen LogP contribution is -2.47. The number of nitrogens with zero attached hydrogens (tertiary/aromatic N) is 3. The van der Waals surface area contributed by atoms with Crippen LogP contribution in [-0.2, 0) is 9.53 Å². The van der Waals surface area contributed by atoms with Gasteiger partial charge in [0, 0.05) is 44.2 Å². The van der Waals surface area contributed by atoms with E-state index in [1.807, 2.05) is 4.90 Å². The Labute approximate surface area is 155 Å². The molecule has 2 fully saturated rings. The molecule has 8 nitrogen and oxygen atoms in total. The Bertz CT molecular complexity index is 712. The van der Waals surface area contributed by atoms with Gasteiger partial charge in [-0.3, -0.25) is 19.7 Å². The number of carbonyl (C=O) groups is 2. The van der Waals surface area contributed by atoms with Crippen LogP contribution in [0.25, 0.3) is 0 Å². The van der Waals surface area contributed by atoms with Crippen molar-refractivity contribution in [3.8, 4) is 0 Å². The van der Waals surface area contributed by atoms with Gasteiger partial charge in [-0.1, -0.05) is 11.6 Å². The number of benzene rings is 1. The third-order valence-electron chi connectivity index (χ3n) is 4.85. The van der Waals surface area contributed by atoms with E-state index in [2.05, 4.69) is 0 Å². The molecule has 0 unspecified atom stereocenters. The van der Waals surface area contributed by atoms with Gasteiger partial charge in [-0.25, -0.2) is 0 Å². The molecule has 1 aromatic carbocycles. The summed E-state index contributed by atoms with van der Waals surface area (Å²) in [7, 11) is 0. The Morgan fingerprint density at radius 1 is 1.12 bits per heavy atom. The van der Waals surface area contributed by atoms with E-state index in [1.54, 1.807) is 4.90 Å². The van der Waals surface area contributed by atoms with Gasteiger partial charge in [0.05, 0.1) is 28.7 Å². The molecule has 0 N–H and O–H groups in total. The first kappa shape index (κ1) is 18.6. The van der Waals surface area contributed by atoms with Crippen molar-refractivity contribution in [2.24, 2.45) is 5.92 Å². The topological polar surface area (TPSA) is 93.0 Å². The molecule has 2 aliphatic rings. The van der Waals surface area contributed by atoms with Gasteiger partial charge in [0.2, 0.25) is 5.91 Å². The number of halogens is 1. The van der Waals surface area contributed by atoms with E-state index in [-0.39, 0.29) is 34.0 Å². The highest BCUT2D eigenvalue weighted by Gasteiger charge is 2.31. The molecule has 0 bridgehead atoms. The number of non-ortho nitro benzene ring substituents is 1. The minimum Gasteiger partial charge on any atom is -0.378 e. The smallest absolute Gasteiger partial charge is 0.270 e. The summed E-state index contributed by atoms with van der Waals surface area (Å²) in [6, 6.07) is 3.84. The molecule has 26 heavy (non-hydrogen) atoms. The Kier molecular flexibility index (Phi) is 5.73. The number of hydrogen-bond acceptors (Lipinski definition) is 5. The lowest BCUT2D eigenvalue weighted by atomic mass is 9.94. The van der Waals surface area contributed by atoms with Crippen molar-refractivity contribution < 1.29 is 19.2 Å². The first-order chi connectivity index (χ1) is 12.5. The molecule has 1 aromatic rings. The van der Waals surface area contributed by atoms with Crippen LogP contribution in [0.15, 0.2) is 18.2 Å². The fourth-order valence-electron chi connectivity index (χ4n) is 3.33. The fourth-order valence-corrected chi connectivity index (χ4v) is 3.59. The van der Waals surface area contributed by atoms with E-state index in [0.717, 1.165) is 0 Å². The summed E-state index contributed by atoms with van der Waals surface area (Å²) in [5.41, 5.74) is 0.0941. The summed E-state index contributed by atoms with van der Waals surface area (Å²) in [5, 5.41) is 10.8. The number of morpholine rings is 1. The number of nitro groups is 1. The van der Waals surface area contributed by atoms with E-state index in [9.17, 15) is 19.7 Å². The first-order valence-corrected chi connectivity index (χ1v) is 8.95. The van der Waals surface area contributed by atoms with E-state index >= 15 is 0 Å². The molecule has 0 aliphatic carbocycles. The molecule has 2 saturated heterocycles. The second kappa shape index (κ2) is 8.01. The Morgan fingerprint density at radius 3 is 2.35 bits per heavy atom. The van der Waals surface area contributed by atoms with Crippen LogP contribution in [0, 0.1) is 16.0 Å². The lowest BCUT2D eigenvalue weighted by molar-refractivity contribution is -0.384. The standard InChI is InChI=1S/C17H20ClN3O5/c18-15-11-13(21(24)25)1-2-14(15)17(23)19-5-3-12(4-6-19)16(22)20-7-9-26-10-8-20/h1-2,11-12H,3-10H2. The zero-order valence-corrected chi connectivity index (χ0v) is 15.0. The second-order valence-corrected chi connectivity index (χ2v) is 6.83. The van der Waals surface area contributed by atoms with Crippen molar-refractivity contribution in [3.63, 3.8) is 0 Å². The number of carbonyl (C=O) groups excluding carboxylic acids is 2. The zero-order valence-electron chi connectivity index (χ0n) is 14.2. The summed E-state index contributed by atoms with van der Waals surface area (Å²) in [5.74, 6) is -0.208. The maximum absolute atomic E-state index is 12.6. The minimum absolute atomic E-state index is 0.0655. The van der Waals surface area contributed by atoms with Gasteiger partial charge in [0.1, 0.15) is 0 Å². The van der Waals surface area contributed by atoms with Crippen LogP contribution in [0.4, 0.5) is 5.69 Å². The van der Waals surface area contributed by atoms with E-state index in [0.29, 0.717) is 52.2 Å². The van der Waals surface area contributed by atoms with Crippen molar-refractivity contribution in [2.45, 2.75) is 12.8 Å². The predicted molar refractivity (Wildman–Crippen MR) is 94.1 cm³/mol. The molecule has 2 aliphatic heterocycles. The summed E-state index contributed by atoms with van der Waals surface area (Å²) in [6.07, 6.45) is 1.21.